The van der Waals surface area contributed by atoms with Gasteiger partial charge in [-0.15, -0.1) is 0 Å². The highest BCUT2D eigenvalue weighted by Crippen LogP contribution is 2.42. The predicted molar refractivity (Wildman–Crippen MR) is 140 cm³/mol. The molecule has 190 valence electrons. The highest BCUT2D eigenvalue weighted by atomic mass is 19.4. The third kappa shape index (κ3) is 4.95. The van der Waals surface area contributed by atoms with Gasteiger partial charge in [-0.2, -0.15) is 13.2 Å². The molecule has 7 heteroatoms. The predicted octanol–water partition coefficient (Wildman–Crippen LogP) is 7.99. The molecule has 0 saturated carbocycles. The first kappa shape index (κ1) is 25.0. The molecule has 0 bridgehead atoms. The smallest absolute Gasteiger partial charge is 0.418 e. The Morgan fingerprint density at radius 2 is 1.61 bits per heavy atom. The van der Waals surface area contributed by atoms with Crippen LogP contribution in [0.15, 0.2) is 97.2 Å². The average Bonchev–Trinajstić information content (AvgIpc) is 2.94. The lowest BCUT2D eigenvalue weighted by atomic mass is 9.90. The Labute approximate surface area is 217 Å². The minimum absolute atomic E-state index is 0.162. The van der Waals surface area contributed by atoms with Crippen LogP contribution in [0, 0.1) is 0 Å². The van der Waals surface area contributed by atoms with E-state index in [9.17, 15) is 18.0 Å². The van der Waals surface area contributed by atoms with E-state index in [2.05, 4.69) is 4.98 Å². The second-order valence-corrected chi connectivity index (χ2v) is 8.62. The minimum atomic E-state index is -4.58. The number of para-hydroxylation sites is 1. The van der Waals surface area contributed by atoms with E-state index in [0.29, 0.717) is 44.7 Å². The van der Waals surface area contributed by atoms with E-state index in [0.717, 1.165) is 17.9 Å². The molecule has 0 N–H and O–H groups in total. The van der Waals surface area contributed by atoms with E-state index in [-0.39, 0.29) is 12.1 Å². The molecule has 0 unspecified atom stereocenters. The van der Waals surface area contributed by atoms with Gasteiger partial charge in [0.15, 0.2) is 6.29 Å². The highest BCUT2D eigenvalue weighted by molar-refractivity contribution is 6.05. The van der Waals surface area contributed by atoms with E-state index in [4.69, 9.17) is 9.47 Å². The van der Waals surface area contributed by atoms with Crippen LogP contribution in [0.5, 0.6) is 11.5 Å². The molecule has 0 spiro atoms. The van der Waals surface area contributed by atoms with Gasteiger partial charge in [0.1, 0.15) is 18.1 Å². The summed E-state index contributed by atoms with van der Waals surface area (Å²) in [5, 5.41) is 0.322. The van der Waals surface area contributed by atoms with Crippen molar-refractivity contribution in [3.8, 4) is 33.8 Å². The lowest BCUT2D eigenvalue weighted by molar-refractivity contribution is -0.136. The van der Waals surface area contributed by atoms with Gasteiger partial charge in [-0.1, -0.05) is 60.7 Å². The van der Waals surface area contributed by atoms with Gasteiger partial charge < -0.3 is 9.47 Å². The molecular formula is C31H22F3NO3. The summed E-state index contributed by atoms with van der Waals surface area (Å²) in [5.41, 5.74) is 2.61. The number of nitrogens with zero attached hydrogens (tertiary/aromatic N) is 1. The molecule has 0 saturated heterocycles. The van der Waals surface area contributed by atoms with E-state index < -0.39 is 11.7 Å². The third-order valence-electron chi connectivity index (χ3n) is 6.24. The highest BCUT2D eigenvalue weighted by Gasteiger charge is 2.34. The zero-order chi connectivity index (χ0) is 26.7. The number of ether oxygens (including phenoxy) is 2. The van der Waals surface area contributed by atoms with Crippen LogP contribution in [-0.2, 0) is 12.8 Å². The Morgan fingerprint density at radius 1 is 0.842 bits per heavy atom. The lowest BCUT2D eigenvalue weighted by Crippen LogP contribution is -2.07. The van der Waals surface area contributed by atoms with Gasteiger partial charge in [-0.05, 0) is 47.0 Å². The molecule has 0 atom stereocenters. The summed E-state index contributed by atoms with van der Waals surface area (Å²) in [5.74, 6) is 1.25. The summed E-state index contributed by atoms with van der Waals surface area (Å²) < 4.78 is 52.9. The van der Waals surface area contributed by atoms with Crippen molar-refractivity contribution >= 4 is 17.2 Å². The summed E-state index contributed by atoms with van der Waals surface area (Å²) >= 11 is 0. The molecule has 38 heavy (non-hydrogen) atoms. The number of aldehydes is 1. The number of halogens is 3. The molecule has 0 aliphatic heterocycles. The molecule has 5 aromatic rings. The quantitative estimate of drug-likeness (QED) is 0.207. The van der Waals surface area contributed by atoms with E-state index in [1.54, 1.807) is 61.7 Å². The Kier molecular flexibility index (Phi) is 6.83. The second kappa shape index (κ2) is 10.4. The molecule has 1 heterocycles. The van der Waals surface area contributed by atoms with Crippen LogP contribution in [0.3, 0.4) is 0 Å². The number of carbonyl (C=O) groups is 1. The van der Waals surface area contributed by atoms with Crippen LogP contribution in [0.4, 0.5) is 13.2 Å². The van der Waals surface area contributed by atoms with Crippen molar-refractivity contribution in [1.29, 1.82) is 0 Å². The SMILES string of the molecule is COc1cccc(COc2cccc(-c3c(-c4ccccc4C=O)cnc4c(C(F)(F)F)cccc34)c2)c1. The second-order valence-electron chi connectivity index (χ2n) is 8.62. The number of carbonyl (C=O) groups excluding carboxylic acids is 1. The number of benzene rings is 4. The van der Waals surface area contributed by atoms with Crippen LogP contribution in [0.2, 0.25) is 0 Å². The number of methoxy groups -OCH3 is 1. The van der Waals surface area contributed by atoms with Gasteiger partial charge in [-0.3, -0.25) is 9.78 Å². The van der Waals surface area contributed by atoms with E-state index in [1.165, 1.54) is 12.3 Å². The Bertz CT molecular complexity index is 1630. The van der Waals surface area contributed by atoms with E-state index in [1.807, 2.05) is 24.3 Å². The molecule has 0 radical (unpaired) electrons. The number of hydrogen-bond donors (Lipinski definition) is 0. The van der Waals surface area contributed by atoms with Crippen molar-refractivity contribution in [2.24, 2.45) is 0 Å². The Balaban J connectivity index is 1.67. The van der Waals surface area contributed by atoms with Crippen LogP contribution in [-0.4, -0.2) is 18.4 Å². The molecule has 4 aromatic carbocycles. The molecule has 5 rings (SSSR count). The molecule has 1 aromatic heterocycles. The molecule has 0 aliphatic rings. The number of alkyl halides is 3. The standard InChI is InChI=1S/C31H22F3NO3/c1-37-23-10-4-7-20(15-23)19-38-24-11-5-9-21(16-24)29-26-13-6-14-28(31(32,33)34)30(26)35-17-27(29)25-12-3-2-8-22(25)18-36/h2-18H,19H2,1H3. The summed E-state index contributed by atoms with van der Waals surface area (Å²) in [6, 6.07) is 25.6. The van der Waals surface area contributed by atoms with Crippen molar-refractivity contribution < 1.29 is 27.4 Å². The van der Waals surface area contributed by atoms with Crippen LogP contribution in [0.25, 0.3) is 33.2 Å². The van der Waals surface area contributed by atoms with Gasteiger partial charge in [0.05, 0.1) is 18.2 Å². The molecule has 0 amide bonds. The normalized spacial score (nSPS) is 11.4. The third-order valence-corrected chi connectivity index (χ3v) is 6.24. The van der Waals surface area contributed by atoms with Crippen molar-refractivity contribution in [1.82, 2.24) is 4.98 Å². The maximum atomic E-state index is 13.9. The van der Waals surface area contributed by atoms with Crippen LogP contribution < -0.4 is 9.47 Å². The van der Waals surface area contributed by atoms with Gasteiger partial charge in [0.25, 0.3) is 0 Å². The monoisotopic (exact) mass is 513 g/mol. The van der Waals surface area contributed by atoms with E-state index >= 15 is 0 Å². The van der Waals surface area contributed by atoms with Crippen LogP contribution in [0.1, 0.15) is 21.5 Å². The lowest BCUT2D eigenvalue weighted by Gasteiger charge is -2.18. The maximum absolute atomic E-state index is 13.9. The number of hydrogen-bond acceptors (Lipinski definition) is 4. The topological polar surface area (TPSA) is 48.4 Å². The van der Waals surface area contributed by atoms with Gasteiger partial charge in [-0.25, -0.2) is 0 Å². The van der Waals surface area contributed by atoms with Crippen molar-refractivity contribution in [3.05, 3.63) is 114 Å². The fourth-order valence-corrected chi connectivity index (χ4v) is 4.48. The van der Waals surface area contributed by atoms with Crippen LogP contribution >= 0.6 is 0 Å². The first-order valence-electron chi connectivity index (χ1n) is 11.8. The molecule has 4 nitrogen and oxygen atoms in total. The summed E-state index contributed by atoms with van der Waals surface area (Å²) in [6.45, 7) is 0.275. The first-order chi connectivity index (χ1) is 18.4. The first-order valence-corrected chi connectivity index (χ1v) is 11.8. The van der Waals surface area contributed by atoms with Gasteiger partial charge >= 0.3 is 6.18 Å². The molecular weight excluding hydrogens is 491 g/mol. The minimum Gasteiger partial charge on any atom is -0.497 e. The van der Waals surface area contributed by atoms with Crippen molar-refractivity contribution in [2.75, 3.05) is 7.11 Å². The number of rotatable bonds is 7. The Morgan fingerprint density at radius 3 is 2.39 bits per heavy atom. The molecule has 0 aliphatic carbocycles. The largest absolute Gasteiger partial charge is 0.497 e. The average molecular weight is 514 g/mol. The van der Waals surface area contributed by atoms with Crippen molar-refractivity contribution in [2.45, 2.75) is 12.8 Å². The number of pyridine rings is 1. The summed E-state index contributed by atoms with van der Waals surface area (Å²) in [6.07, 6.45) is -2.45. The Hall–Kier alpha value is -4.65. The number of aromatic nitrogens is 1. The van der Waals surface area contributed by atoms with Crippen molar-refractivity contribution in [3.63, 3.8) is 0 Å². The zero-order valence-electron chi connectivity index (χ0n) is 20.3. The molecule has 0 fully saturated rings. The fraction of sp³-hybridized carbons (Fsp3) is 0.0968. The maximum Gasteiger partial charge on any atom is 0.418 e. The van der Waals surface area contributed by atoms with Gasteiger partial charge in [0.2, 0.25) is 0 Å². The van der Waals surface area contributed by atoms with Gasteiger partial charge in [0, 0.05) is 28.3 Å². The summed E-state index contributed by atoms with van der Waals surface area (Å²) in [7, 11) is 1.59. The number of fused-ring (bicyclic) bond motifs is 1. The summed E-state index contributed by atoms with van der Waals surface area (Å²) in [4.78, 5) is 16.0. The fourth-order valence-electron chi connectivity index (χ4n) is 4.48. The zero-order valence-corrected chi connectivity index (χ0v) is 20.3.